The van der Waals surface area contributed by atoms with E-state index < -0.39 is 0 Å². The summed E-state index contributed by atoms with van der Waals surface area (Å²) in [6.45, 7) is 7.73. The molecule has 0 spiro atoms. The summed E-state index contributed by atoms with van der Waals surface area (Å²) in [5, 5.41) is 8.64. The first-order chi connectivity index (χ1) is 12.5. The normalized spacial score (nSPS) is 10.1. The monoisotopic (exact) mass is 354 g/mol. The average Bonchev–Trinajstić information content (AvgIpc) is 2.62. The maximum atomic E-state index is 12.1. The standard InChI is InChI=1S/C20H26N4O2/c1-4-24(5-2)19-11-9-16(10-12-19)23-20(26)14-21-17-7-6-8-18(13-17)22-15(3)25/h6-13,21H,4-5,14H2,1-3H3,(H,22,25)(H,23,26). The molecule has 0 aliphatic heterocycles. The van der Waals surface area contributed by atoms with Gasteiger partial charge in [0.05, 0.1) is 6.54 Å². The molecular formula is C20H26N4O2. The lowest BCUT2D eigenvalue weighted by Crippen LogP contribution is -2.23. The highest BCUT2D eigenvalue weighted by Crippen LogP contribution is 2.18. The predicted molar refractivity (Wildman–Crippen MR) is 108 cm³/mol. The van der Waals surface area contributed by atoms with Gasteiger partial charge in [0.25, 0.3) is 0 Å². The molecule has 6 nitrogen and oxygen atoms in total. The number of carbonyl (C=O) groups is 2. The zero-order valence-corrected chi connectivity index (χ0v) is 15.5. The van der Waals surface area contributed by atoms with Gasteiger partial charge < -0.3 is 20.9 Å². The van der Waals surface area contributed by atoms with Crippen molar-refractivity contribution >= 4 is 34.6 Å². The Balaban J connectivity index is 1.88. The number of anilines is 4. The van der Waals surface area contributed by atoms with Crippen LogP contribution < -0.4 is 20.9 Å². The van der Waals surface area contributed by atoms with Crippen LogP contribution in [-0.4, -0.2) is 31.4 Å². The molecule has 0 aliphatic carbocycles. The van der Waals surface area contributed by atoms with Gasteiger partial charge in [-0.3, -0.25) is 9.59 Å². The second-order valence-electron chi connectivity index (χ2n) is 5.88. The largest absolute Gasteiger partial charge is 0.376 e. The number of carbonyl (C=O) groups excluding carboxylic acids is 2. The molecule has 0 aromatic heterocycles. The molecule has 0 fully saturated rings. The van der Waals surface area contributed by atoms with Crippen LogP contribution in [0.3, 0.4) is 0 Å². The van der Waals surface area contributed by atoms with E-state index in [4.69, 9.17) is 0 Å². The first-order valence-corrected chi connectivity index (χ1v) is 8.78. The van der Waals surface area contributed by atoms with Gasteiger partial charge in [-0.05, 0) is 56.3 Å². The fourth-order valence-electron chi connectivity index (χ4n) is 2.64. The molecule has 0 bridgehead atoms. The van der Waals surface area contributed by atoms with Crippen molar-refractivity contribution in [2.45, 2.75) is 20.8 Å². The topological polar surface area (TPSA) is 73.5 Å². The van der Waals surface area contributed by atoms with Crippen LogP contribution in [0, 0.1) is 0 Å². The van der Waals surface area contributed by atoms with Crippen molar-refractivity contribution in [2.75, 3.05) is 40.5 Å². The van der Waals surface area contributed by atoms with Gasteiger partial charge in [-0.15, -0.1) is 0 Å². The van der Waals surface area contributed by atoms with Gasteiger partial charge >= 0.3 is 0 Å². The van der Waals surface area contributed by atoms with Crippen molar-refractivity contribution in [1.29, 1.82) is 0 Å². The average molecular weight is 354 g/mol. The Morgan fingerprint density at radius 1 is 0.885 bits per heavy atom. The van der Waals surface area contributed by atoms with Crippen molar-refractivity contribution in [3.05, 3.63) is 48.5 Å². The molecule has 0 saturated heterocycles. The molecule has 0 atom stereocenters. The Hall–Kier alpha value is -3.02. The summed E-state index contributed by atoms with van der Waals surface area (Å²) < 4.78 is 0. The fraction of sp³-hybridized carbons (Fsp3) is 0.300. The van der Waals surface area contributed by atoms with Crippen LogP contribution >= 0.6 is 0 Å². The second-order valence-corrected chi connectivity index (χ2v) is 5.88. The molecule has 2 aromatic carbocycles. The number of rotatable bonds is 8. The van der Waals surface area contributed by atoms with Crippen LogP contribution in [0.15, 0.2) is 48.5 Å². The highest BCUT2D eigenvalue weighted by atomic mass is 16.2. The zero-order chi connectivity index (χ0) is 18.9. The number of hydrogen-bond donors (Lipinski definition) is 3. The minimum Gasteiger partial charge on any atom is -0.376 e. The number of amides is 2. The zero-order valence-electron chi connectivity index (χ0n) is 15.5. The third-order valence-corrected chi connectivity index (χ3v) is 3.92. The SMILES string of the molecule is CCN(CC)c1ccc(NC(=O)CNc2cccc(NC(C)=O)c2)cc1. The predicted octanol–water partition coefficient (Wildman–Crippen LogP) is 3.54. The summed E-state index contributed by atoms with van der Waals surface area (Å²) in [7, 11) is 0. The first kappa shape index (κ1) is 19.3. The van der Waals surface area contributed by atoms with Crippen molar-refractivity contribution in [3.63, 3.8) is 0 Å². The first-order valence-electron chi connectivity index (χ1n) is 8.78. The molecule has 6 heteroatoms. The molecule has 0 unspecified atom stereocenters. The van der Waals surface area contributed by atoms with E-state index in [-0.39, 0.29) is 18.4 Å². The second kappa shape index (κ2) is 9.46. The lowest BCUT2D eigenvalue weighted by Gasteiger charge is -2.21. The van der Waals surface area contributed by atoms with Crippen LogP contribution in [0.1, 0.15) is 20.8 Å². The van der Waals surface area contributed by atoms with E-state index >= 15 is 0 Å². The number of nitrogens with one attached hydrogen (secondary N) is 3. The van der Waals surface area contributed by atoms with Crippen molar-refractivity contribution < 1.29 is 9.59 Å². The summed E-state index contributed by atoms with van der Waals surface area (Å²) in [6.07, 6.45) is 0. The Kier molecular flexibility index (Phi) is 7.02. The Morgan fingerprint density at radius 3 is 2.15 bits per heavy atom. The van der Waals surface area contributed by atoms with Crippen molar-refractivity contribution in [1.82, 2.24) is 0 Å². The minimum absolute atomic E-state index is 0.131. The van der Waals surface area contributed by atoms with Crippen LogP contribution in [0.25, 0.3) is 0 Å². The van der Waals surface area contributed by atoms with E-state index in [9.17, 15) is 9.59 Å². The van der Waals surface area contributed by atoms with Crippen LogP contribution in [0.2, 0.25) is 0 Å². The quantitative estimate of drug-likeness (QED) is 0.678. The molecule has 138 valence electrons. The molecule has 0 aliphatic rings. The molecule has 2 aromatic rings. The van der Waals surface area contributed by atoms with E-state index in [1.54, 1.807) is 12.1 Å². The number of benzene rings is 2. The summed E-state index contributed by atoms with van der Waals surface area (Å²) >= 11 is 0. The van der Waals surface area contributed by atoms with Gasteiger partial charge in [-0.1, -0.05) is 6.07 Å². The summed E-state index contributed by atoms with van der Waals surface area (Å²) in [4.78, 5) is 25.5. The smallest absolute Gasteiger partial charge is 0.243 e. The van der Waals surface area contributed by atoms with Crippen LogP contribution in [0.5, 0.6) is 0 Å². The Bertz CT molecular complexity index is 740. The molecule has 2 amide bonds. The lowest BCUT2D eigenvalue weighted by molar-refractivity contribution is -0.115. The number of hydrogen-bond acceptors (Lipinski definition) is 4. The maximum Gasteiger partial charge on any atom is 0.243 e. The summed E-state index contributed by atoms with van der Waals surface area (Å²) in [5.41, 5.74) is 3.36. The fourth-order valence-corrected chi connectivity index (χ4v) is 2.64. The molecular weight excluding hydrogens is 328 g/mol. The highest BCUT2D eigenvalue weighted by molar-refractivity contribution is 5.94. The van der Waals surface area contributed by atoms with E-state index in [1.807, 2.05) is 36.4 Å². The highest BCUT2D eigenvalue weighted by Gasteiger charge is 2.05. The van der Waals surface area contributed by atoms with Gasteiger partial charge in [0.1, 0.15) is 0 Å². The third kappa shape index (κ3) is 5.81. The van der Waals surface area contributed by atoms with Crippen LogP contribution in [0.4, 0.5) is 22.7 Å². The Labute approximate surface area is 154 Å². The molecule has 3 N–H and O–H groups in total. The van der Waals surface area contributed by atoms with Gasteiger partial charge in [0, 0.05) is 42.8 Å². The molecule has 2 rings (SSSR count). The maximum absolute atomic E-state index is 12.1. The number of nitrogens with zero attached hydrogens (tertiary/aromatic N) is 1. The molecule has 0 heterocycles. The summed E-state index contributed by atoms with van der Waals surface area (Å²) in [5.74, 6) is -0.265. The van der Waals surface area contributed by atoms with E-state index in [2.05, 4.69) is 34.7 Å². The van der Waals surface area contributed by atoms with Gasteiger partial charge in [0.2, 0.25) is 11.8 Å². The van der Waals surface area contributed by atoms with Crippen molar-refractivity contribution in [3.8, 4) is 0 Å². The third-order valence-electron chi connectivity index (χ3n) is 3.92. The van der Waals surface area contributed by atoms with E-state index in [0.717, 1.165) is 30.2 Å². The van der Waals surface area contributed by atoms with Gasteiger partial charge in [-0.25, -0.2) is 0 Å². The Morgan fingerprint density at radius 2 is 1.54 bits per heavy atom. The van der Waals surface area contributed by atoms with E-state index in [1.165, 1.54) is 6.92 Å². The van der Waals surface area contributed by atoms with E-state index in [0.29, 0.717) is 5.69 Å². The minimum atomic E-state index is -0.134. The lowest BCUT2D eigenvalue weighted by atomic mass is 10.2. The van der Waals surface area contributed by atoms with Gasteiger partial charge in [-0.2, -0.15) is 0 Å². The van der Waals surface area contributed by atoms with Gasteiger partial charge in [0.15, 0.2) is 0 Å². The molecule has 0 radical (unpaired) electrons. The molecule has 0 saturated carbocycles. The summed E-state index contributed by atoms with van der Waals surface area (Å²) in [6, 6.07) is 15.1. The van der Waals surface area contributed by atoms with Crippen molar-refractivity contribution in [2.24, 2.45) is 0 Å². The van der Waals surface area contributed by atoms with Crippen LogP contribution in [-0.2, 0) is 9.59 Å². The molecule has 26 heavy (non-hydrogen) atoms.